The predicted octanol–water partition coefficient (Wildman–Crippen LogP) is 4.57. The first-order valence-electron chi connectivity index (χ1n) is 16.9. The monoisotopic (exact) mass is 730 g/mol. The van der Waals surface area contributed by atoms with Gasteiger partial charge < -0.3 is 35.4 Å². The van der Waals surface area contributed by atoms with Crippen molar-refractivity contribution in [1.82, 2.24) is 15.6 Å². The molecule has 13 heteroatoms. The number of carbonyl (C=O) groups excluding carboxylic acids is 2. The summed E-state index contributed by atoms with van der Waals surface area (Å²) in [5.41, 5.74) is 4.77. The lowest BCUT2D eigenvalue weighted by molar-refractivity contribution is -0.132. The zero-order valence-corrected chi connectivity index (χ0v) is 29.3. The highest BCUT2D eigenvalue weighted by Gasteiger charge is 2.29. The molecule has 3 aromatic carbocycles. The van der Waals surface area contributed by atoms with Crippen molar-refractivity contribution in [2.75, 3.05) is 19.8 Å². The fourth-order valence-electron chi connectivity index (χ4n) is 6.10. The number of halogens is 2. The number of nitrogens with zero attached hydrogens (tertiary/aromatic N) is 2. The molecular weight excluding hydrogens is 691 g/mol. The van der Waals surface area contributed by atoms with Crippen LogP contribution in [0.4, 0.5) is 4.39 Å². The summed E-state index contributed by atoms with van der Waals surface area (Å²) in [5.74, 6) is -1.78. The highest BCUT2D eigenvalue weighted by molar-refractivity contribution is 6.32. The van der Waals surface area contributed by atoms with E-state index in [4.69, 9.17) is 21.1 Å². The molecule has 1 aliphatic carbocycles. The van der Waals surface area contributed by atoms with Gasteiger partial charge in [0.15, 0.2) is 5.78 Å². The van der Waals surface area contributed by atoms with E-state index in [0.29, 0.717) is 46.6 Å². The molecule has 11 nitrogen and oxygen atoms in total. The maximum atomic E-state index is 14.7. The summed E-state index contributed by atoms with van der Waals surface area (Å²) in [7, 11) is 0. The molecule has 1 amide bonds. The van der Waals surface area contributed by atoms with Crippen LogP contribution in [0.5, 0.6) is 11.5 Å². The standard InChI is InChI=1S/C39H40ClFN4O7/c1-23(19-46)45-39(50)27(20-47)13-35(49)34(21-48)44-18-26-12-32(40)38(14-37(26)51-22-25-11-24(15-42)16-43-17-25)52-36-10-9-29-28(6-4-7-31(29)36)30-5-2-3-8-33(30)41/h2-8,11-12,14,16-17,23,27,34,36,44,46-48H,9-10,13,18-22H2,1H3,(H,45,50)/t23-,27+,34+,36+/m1/s1. The first-order chi connectivity index (χ1) is 25.1. The summed E-state index contributed by atoms with van der Waals surface area (Å²) in [6.07, 6.45) is 3.60. The van der Waals surface area contributed by atoms with Crippen molar-refractivity contribution in [3.63, 3.8) is 0 Å². The van der Waals surface area contributed by atoms with Crippen LogP contribution in [0.15, 0.2) is 73.1 Å². The number of ketones is 1. The van der Waals surface area contributed by atoms with Crippen molar-refractivity contribution in [3.05, 3.63) is 112 Å². The number of ether oxygens (including phenoxy) is 2. The van der Waals surface area contributed by atoms with Gasteiger partial charge in [0, 0.05) is 54.2 Å². The molecule has 4 aromatic rings. The number of hydrogen-bond acceptors (Lipinski definition) is 10. The van der Waals surface area contributed by atoms with E-state index in [-0.39, 0.29) is 43.1 Å². The Bertz CT molecular complexity index is 1940. The lowest BCUT2D eigenvalue weighted by atomic mass is 9.96. The SMILES string of the molecule is C[C@H](CO)NC(=O)[C@H](CO)CC(=O)[C@H](CO)NCc1cc(Cl)c(O[C@H]2CCc3c(-c4ccccc4F)cccc32)cc1OCc1cncc(C#N)c1. The Morgan fingerprint density at radius 3 is 2.56 bits per heavy atom. The second-order valence-electron chi connectivity index (χ2n) is 12.6. The van der Waals surface area contributed by atoms with E-state index in [1.807, 2.05) is 18.2 Å². The smallest absolute Gasteiger partial charge is 0.226 e. The molecule has 1 aromatic heterocycles. The van der Waals surface area contributed by atoms with Gasteiger partial charge in [0.2, 0.25) is 5.91 Å². The number of aliphatic hydroxyl groups is 3. The first-order valence-corrected chi connectivity index (χ1v) is 17.2. The van der Waals surface area contributed by atoms with Crippen molar-refractivity contribution in [2.45, 2.75) is 57.5 Å². The van der Waals surface area contributed by atoms with Crippen molar-refractivity contribution in [1.29, 1.82) is 5.26 Å². The topological polar surface area (TPSA) is 174 Å². The van der Waals surface area contributed by atoms with Gasteiger partial charge in [-0.2, -0.15) is 5.26 Å². The van der Waals surface area contributed by atoms with Gasteiger partial charge in [-0.25, -0.2) is 4.39 Å². The van der Waals surface area contributed by atoms with Gasteiger partial charge >= 0.3 is 0 Å². The van der Waals surface area contributed by atoms with Crippen molar-refractivity contribution in [2.24, 2.45) is 5.92 Å². The number of aliphatic hydroxyl groups excluding tert-OH is 3. The van der Waals surface area contributed by atoms with E-state index < -0.39 is 42.9 Å². The third-order valence-corrected chi connectivity index (χ3v) is 9.19. The normalized spacial score (nSPS) is 15.2. The Labute approximate surface area is 306 Å². The van der Waals surface area contributed by atoms with Gasteiger partial charge in [0.25, 0.3) is 0 Å². The number of hydrogen-bond donors (Lipinski definition) is 5. The van der Waals surface area contributed by atoms with Gasteiger partial charge in [-0.1, -0.05) is 48.0 Å². The summed E-state index contributed by atoms with van der Waals surface area (Å²) >= 11 is 6.79. The first kappa shape index (κ1) is 38.3. The molecule has 0 radical (unpaired) electrons. The molecule has 0 bridgehead atoms. The molecule has 5 rings (SSSR count). The molecular formula is C39H40ClFN4O7. The van der Waals surface area contributed by atoms with E-state index in [9.17, 15) is 34.6 Å². The van der Waals surface area contributed by atoms with Crippen molar-refractivity contribution in [3.8, 4) is 28.7 Å². The van der Waals surface area contributed by atoms with Crippen molar-refractivity contribution >= 4 is 23.3 Å². The minimum atomic E-state index is -1.09. The number of nitrogens with one attached hydrogen (secondary N) is 2. The molecule has 0 saturated heterocycles. The fraction of sp³-hybridized carbons (Fsp3) is 0.333. The number of rotatable bonds is 17. The van der Waals surface area contributed by atoms with Crippen LogP contribution in [0.3, 0.4) is 0 Å². The van der Waals surface area contributed by atoms with Crippen LogP contribution in [0.2, 0.25) is 5.02 Å². The van der Waals surface area contributed by atoms with Gasteiger partial charge in [-0.15, -0.1) is 0 Å². The third-order valence-electron chi connectivity index (χ3n) is 8.89. The van der Waals surface area contributed by atoms with Gasteiger partial charge in [0.1, 0.15) is 36.1 Å². The highest BCUT2D eigenvalue weighted by atomic mass is 35.5. The maximum Gasteiger partial charge on any atom is 0.226 e. The zero-order valence-electron chi connectivity index (χ0n) is 28.5. The van der Waals surface area contributed by atoms with Crippen LogP contribution in [0.25, 0.3) is 11.1 Å². The number of amides is 1. The molecule has 0 aliphatic heterocycles. The van der Waals surface area contributed by atoms with Gasteiger partial charge in [-0.05, 0) is 54.7 Å². The van der Waals surface area contributed by atoms with Gasteiger partial charge in [0.05, 0.1) is 42.4 Å². The lowest BCUT2D eigenvalue weighted by Crippen LogP contribution is -2.44. The molecule has 0 fully saturated rings. The molecule has 0 saturated carbocycles. The lowest BCUT2D eigenvalue weighted by Gasteiger charge is -2.22. The second kappa shape index (κ2) is 18.0. The fourth-order valence-corrected chi connectivity index (χ4v) is 6.33. The largest absolute Gasteiger partial charge is 0.488 e. The molecule has 52 heavy (non-hydrogen) atoms. The molecule has 272 valence electrons. The molecule has 4 atom stereocenters. The number of carbonyl (C=O) groups is 2. The van der Waals surface area contributed by atoms with Crippen LogP contribution < -0.4 is 20.1 Å². The highest BCUT2D eigenvalue weighted by Crippen LogP contribution is 2.43. The van der Waals surface area contributed by atoms with E-state index in [0.717, 1.165) is 16.7 Å². The van der Waals surface area contributed by atoms with Gasteiger partial charge in [-0.3, -0.25) is 14.6 Å². The third kappa shape index (κ3) is 9.30. The average Bonchev–Trinajstić information content (AvgIpc) is 3.57. The second-order valence-corrected chi connectivity index (χ2v) is 13.0. The van der Waals surface area contributed by atoms with E-state index in [1.54, 1.807) is 49.5 Å². The van der Waals surface area contributed by atoms with Crippen molar-refractivity contribution < 1.29 is 38.8 Å². The Hall–Kier alpha value is -4.90. The van der Waals surface area contributed by atoms with E-state index in [1.165, 1.54) is 12.3 Å². The average molecular weight is 731 g/mol. The van der Waals surface area contributed by atoms with E-state index in [2.05, 4.69) is 21.7 Å². The Morgan fingerprint density at radius 2 is 1.83 bits per heavy atom. The quantitative estimate of drug-likeness (QED) is 0.104. The molecule has 0 spiro atoms. The Kier molecular flexibility index (Phi) is 13.3. The number of pyridine rings is 1. The molecule has 5 N–H and O–H groups in total. The minimum Gasteiger partial charge on any atom is -0.488 e. The van der Waals surface area contributed by atoms with Crippen LogP contribution in [-0.2, 0) is 29.2 Å². The Balaban J connectivity index is 1.37. The number of fused-ring (bicyclic) bond motifs is 1. The maximum absolute atomic E-state index is 14.7. The number of benzene rings is 3. The van der Waals surface area contributed by atoms with Crippen LogP contribution in [0.1, 0.15) is 53.7 Å². The molecule has 1 aliphatic rings. The summed E-state index contributed by atoms with van der Waals surface area (Å²) in [4.78, 5) is 29.7. The summed E-state index contributed by atoms with van der Waals surface area (Å²) in [5, 5.41) is 44.2. The Morgan fingerprint density at radius 1 is 1.04 bits per heavy atom. The number of nitriles is 1. The molecule has 1 heterocycles. The number of Topliss-reactive ketones (excluding diaryl/α,β-unsaturated/α-hetero) is 1. The minimum absolute atomic E-state index is 0.0125. The van der Waals surface area contributed by atoms with Crippen LogP contribution >= 0.6 is 11.6 Å². The number of aromatic nitrogens is 1. The zero-order chi connectivity index (χ0) is 37.2. The summed E-state index contributed by atoms with van der Waals surface area (Å²) in [6, 6.07) is 17.7. The summed E-state index contributed by atoms with van der Waals surface area (Å²) < 4.78 is 27.4. The summed E-state index contributed by atoms with van der Waals surface area (Å²) in [6.45, 7) is 0.149. The van der Waals surface area contributed by atoms with E-state index >= 15 is 0 Å². The van der Waals surface area contributed by atoms with Crippen LogP contribution in [-0.4, -0.2) is 63.9 Å². The predicted molar refractivity (Wildman–Crippen MR) is 191 cm³/mol. The molecule has 0 unspecified atom stereocenters. The van der Waals surface area contributed by atoms with Crippen LogP contribution in [0, 0.1) is 23.1 Å².